The summed E-state index contributed by atoms with van der Waals surface area (Å²) in [6.45, 7) is 1.93. The molecule has 1 heterocycles. The fraction of sp³-hybridized carbons (Fsp3) is 0.417. The van der Waals surface area contributed by atoms with Crippen LogP contribution in [0.3, 0.4) is 0 Å². The second-order valence-electron chi connectivity index (χ2n) is 4.11. The number of hydrogen-bond acceptors (Lipinski definition) is 2. The molecule has 92 valence electrons. The first kappa shape index (κ1) is 11.9. The molecule has 1 aliphatic heterocycles. The average molecular weight is 237 g/mol. The first-order chi connectivity index (χ1) is 8.25. The van der Waals surface area contributed by atoms with Gasteiger partial charge in [0.05, 0.1) is 0 Å². The second-order valence-corrected chi connectivity index (χ2v) is 4.11. The van der Waals surface area contributed by atoms with Gasteiger partial charge in [0.2, 0.25) is 0 Å². The lowest BCUT2D eigenvalue weighted by molar-refractivity contribution is 0.237. The third-order valence-corrected chi connectivity index (χ3v) is 2.79. The normalized spacial score (nSPS) is 19.0. The monoisotopic (exact) mass is 237 g/mol. The van der Waals surface area contributed by atoms with Crippen LogP contribution >= 0.6 is 0 Å². The molecular formula is C12H16FN3O. The van der Waals surface area contributed by atoms with Crippen molar-refractivity contribution in [2.45, 2.75) is 19.0 Å². The van der Waals surface area contributed by atoms with Gasteiger partial charge in [0, 0.05) is 24.7 Å². The highest BCUT2D eigenvalue weighted by atomic mass is 19.1. The molecule has 1 aliphatic rings. The van der Waals surface area contributed by atoms with E-state index in [9.17, 15) is 9.18 Å². The fourth-order valence-corrected chi connectivity index (χ4v) is 1.83. The van der Waals surface area contributed by atoms with E-state index in [0.29, 0.717) is 5.56 Å². The molecule has 0 saturated carbocycles. The van der Waals surface area contributed by atoms with Crippen molar-refractivity contribution in [1.82, 2.24) is 16.0 Å². The quantitative estimate of drug-likeness (QED) is 0.734. The van der Waals surface area contributed by atoms with Crippen LogP contribution in [0.4, 0.5) is 9.18 Å². The van der Waals surface area contributed by atoms with Crippen molar-refractivity contribution < 1.29 is 9.18 Å². The van der Waals surface area contributed by atoms with Gasteiger partial charge in [-0.15, -0.1) is 0 Å². The van der Waals surface area contributed by atoms with Crippen molar-refractivity contribution in [3.8, 4) is 0 Å². The Labute approximate surface area is 99.6 Å². The highest BCUT2D eigenvalue weighted by Crippen LogP contribution is 2.05. The summed E-state index contributed by atoms with van der Waals surface area (Å²) < 4.78 is 13.3. The van der Waals surface area contributed by atoms with E-state index in [0.717, 1.165) is 19.5 Å². The number of halogens is 1. The Morgan fingerprint density at radius 2 is 2.29 bits per heavy atom. The van der Waals surface area contributed by atoms with E-state index in [1.807, 2.05) is 0 Å². The Morgan fingerprint density at radius 1 is 1.47 bits per heavy atom. The van der Waals surface area contributed by atoms with Gasteiger partial charge in [-0.05, 0) is 19.0 Å². The largest absolute Gasteiger partial charge is 0.334 e. The van der Waals surface area contributed by atoms with Gasteiger partial charge in [0.25, 0.3) is 0 Å². The number of carbonyl (C=O) groups excluding carboxylic acids is 1. The highest BCUT2D eigenvalue weighted by Gasteiger charge is 2.16. The molecule has 0 bridgehead atoms. The van der Waals surface area contributed by atoms with E-state index in [1.165, 1.54) is 6.07 Å². The predicted octanol–water partition coefficient (Wildman–Crippen LogP) is 0.987. The van der Waals surface area contributed by atoms with E-state index in [1.54, 1.807) is 18.2 Å². The number of hydrogen-bond donors (Lipinski definition) is 3. The Bertz CT molecular complexity index is 391. The fourth-order valence-electron chi connectivity index (χ4n) is 1.83. The topological polar surface area (TPSA) is 53.2 Å². The average Bonchev–Trinajstić information content (AvgIpc) is 2.81. The maximum Gasteiger partial charge on any atom is 0.315 e. The van der Waals surface area contributed by atoms with Crippen LogP contribution in [-0.2, 0) is 6.54 Å². The second kappa shape index (κ2) is 5.63. The predicted molar refractivity (Wildman–Crippen MR) is 63.0 cm³/mol. The third kappa shape index (κ3) is 3.42. The number of benzene rings is 1. The Morgan fingerprint density at radius 3 is 3.00 bits per heavy atom. The van der Waals surface area contributed by atoms with Gasteiger partial charge >= 0.3 is 6.03 Å². The Balaban J connectivity index is 1.77. The van der Waals surface area contributed by atoms with E-state index >= 15 is 0 Å². The van der Waals surface area contributed by atoms with Gasteiger partial charge in [0.15, 0.2) is 0 Å². The van der Waals surface area contributed by atoms with Crippen LogP contribution in [0.1, 0.15) is 12.0 Å². The molecule has 0 unspecified atom stereocenters. The maximum absolute atomic E-state index is 13.3. The number of urea groups is 1. The van der Waals surface area contributed by atoms with E-state index in [4.69, 9.17) is 0 Å². The summed E-state index contributed by atoms with van der Waals surface area (Å²) in [7, 11) is 0. The van der Waals surface area contributed by atoms with Crippen LogP contribution in [-0.4, -0.2) is 25.2 Å². The molecule has 1 saturated heterocycles. The first-order valence-corrected chi connectivity index (χ1v) is 5.74. The molecule has 0 radical (unpaired) electrons. The zero-order chi connectivity index (χ0) is 12.1. The summed E-state index contributed by atoms with van der Waals surface area (Å²) >= 11 is 0. The zero-order valence-corrected chi connectivity index (χ0v) is 9.50. The minimum absolute atomic E-state index is 0.177. The third-order valence-electron chi connectivity index (χ3n) is 2.79. The lowest BCUT2D eigenvalue weighted by Gasteiger charge is -2.12. The molecule has 1 aromatic carbocycles. The number of carbonyl (C=O) groups is 1. The molecule has 4 nitrogen and oxygen atoms in total. The van der Waals surface area contributed by atoms with Crippen LogP contribution in [0.5, 0.6) is 0 Å². The number of amides is 2. The van der Waals surface area contributed by atoms with Crippen molar-refractivity contribution in [1.29, 1.82) is 0 Å². The zero-order valence-electron chi connectivity index (χ0n) is 9.50. The minimum Gasteiger partial charge on any atom is -0.334 e. The molecular weight excluding hydrogens is 221 g/mol. The molecule has 1 atom stereocenters. The van der Waals surface area contributed by atoms with Crippen molar-refractivity contribution in [2.24, 2.45) is 0 Å². The molecule has 1 aromatic rings. The van der Waals surface area contributed by atoms with Gasteiger partial charge in [0.1, 0.15) is 5.82 Å². The summed E-state index contributed by atoms with van der Waals surface area (Å²) in [5.41, 5.74) is 0.493. The molecule has 2 amide bonds. The van der Waals surface area contributed by atoms with Crippen LogP contribution in [0, 0.1) is 5.82 Å². The highest BCUT2D eigenvalue weighted by molar-refractivity contribution is 5.74. The van der Waals surface area contributed by atoms with Crippen LogP contribution in [0.15, 0.2) is 24.3 Å². The summed E-state index contributed by atoms with van der Waals surface area (Å²) in [6, 6.07) is 6.35. The Hall–Kier alpha value is -1.62. The van der Waals surface area contributed by atoms with E-state index < -0.39 is 0 Å². The van der Waals surface area contributed by atoms with Gasteiger partial charge in [-0.2, -0.15) is 0 Å². The van der Waals surface area contributed by atoms with Crippen LogP contribution in [0.2, 0.25) is 0 Å². The summed E-state index contributed by atoms with van der Waals surface area (Å²) in [5.74, 6) is -0.296. The number of nitrogens with one attached hydrogen (secondary N) is 3. The van der Waals surface area contributed by atoms with Crippen molar-refractivity contribution in [3.63, 3.8) is 0 Å². The summed E-state index contributed by atoms with van der Waals surface area (Å²) in [4.78, 5) is 11.5. The summed E-state index contributed by atoms with van der Waals surface area (Å²) in [6.07, 6.45) is 0.938. The Kier molecular flexibility index (Phi) is 3.93. The molecule has 0 aliphatic carbocycles. The minimum atomic E-state index is -0.296. The van der Waals surface area contributed by atoms with Crippen LogP contribution < -0.4 is 16.0 Å². The molecule has 3 N–H and O–H groups in total. The van der Waals surface area contributed by atoms with Crippen molar-refractivity contribution >= 4 is 6.03 Å². The van der Waals surface area contributed by atoms with E-state index in [-0.39, 0.29) is 24.4 Å². The van der Waals surface area contributed by atoms with Gasteiger partial charge < -0.3 is 16.0 Å². The van der Waals surface area contributed by atoms with Crippen LogP contribution in [0.25, 0.3) is 0 Å². The molecule has 5 heteroatoms. The molecule has 0 aromatic heterocycles. The molecule has 1 fully saturated rings. The maximum atomic E-state index is 13.3. The van der Waals surface area contributed by atoms with E-state index in [2.05, 4.69) is 16.0 Å². The van der Waals surface area contributed by atoms with Gasteiger partial charge in [-0.25, -0.2) is 9.18 Å². The number of rotatable bonds is 3. The summed E-state index contributed by atoms with van der Waals surface area (Å²) in [5, 5.41) is 8.64. The van der Waals surface area contributed by atoms with Crippen molar-refractivity contribution in [3.05, 3.63) is 35.6 Å². The molecule has 2 rings (SSSR count). The first-order valence-electron chi connectivity index (χ1n) is 5.74. The molecule has 17 heavy (non-hydrogen) atoms. The lowest BCUT2D eigenvalue weighted by Crippen LogP contribution is -2.42. The lowest BCUT2D eigenvalue weighted by atomic mass is 10.2. The standard InChI is InChI=1S/C12H16FN3O/c13-11-4-2-1-3-9(11)7-15-12(17)16-10-5-6-14-8-10/h1-4,10,14H,5-8H2,(H2,15,16,17)/t10-/m1/s1. The molecule has 0 spiro atoms. The smallest absolute Gasteiger partial charge is 0.315 e. The van der Waals surface area contributed by atoms with Gasteiger partial charge in [-0.3, -0.25) is 0 Å². The van der Waals surface area contributed by atoms with Crippen molar-refractivity contribution in [2.75, 3.05) is 13.1 Å². The van der Waals surface area contributed by atoms with Gasteiger partial charge in [-0.1, -0.05) is 18.2 Å². The SMILES string of the molecule is O=C(NCc1ccccc1F)N[C@@H]1CCNC1.